The molecule has 0 amide bonds. The van der Waals surface area contributed by atoms with Gasteiger partial charge in [0, 0.05) is 19.6 Å². The van der Waals surface area contributed by atoms with Crippen molar-refractivity contribution in [2.24, 2.45) is 0 Å². The molecule has 5 nitrogen and oxygen atoms in total. The van der Waals surface area contributed by atoms with Gasteiger partial charge in [-0.15, -0.1) is 10.2 Å². The lowest BCUT2D eigenvalue weighted by molar-refractivity contribution is 0.0627. The third-order valence-corrected chi connectivity index (χ3v) is 5.78. The number of hydrogen-bond donors (Lipinski definition) is 0. The zero-order valence-corrected chi connectivity index (χ0v) is 14.4. The Hall–Kier alpha value is -1.86. The number of ether oxygens (including phenoxy) is 1. The summed E-state index contributed by atoms with van der Waals surface area (Å²) in [6, 6.07) is 6.79. The predicted octanol–water partition coefficient (Wildman–Crippen LogP) is 3.37. The standard InChI is InChI=1S/C17H19FN4OS/c1-2-3-14-19-20-16-22(14)21-15(24-16)17(8-10-23-11-9-17)12-4-6-13(18)7-5-12/h4-7H,2-3,8-11H2,1H3. The topological polar surface area (TPSA) is 52.3 Å². The maximum atomic E-state index is 13.4. The van der Waals surface area contributed by atoms with Crippen LogP contribution in [-0.4, -0.2) is 33.0 Å². The van der Waals surface area contributed by atoms with E-state index in [1.54, 1.807) is 11.3 Å². The average molecular weight is 346 g/mol. The summed E-state index contributed by atoms with van der Waals surface area (Å²) in [4.78, 5) is 0.821. The van der Waals surface area contributed by atoms with Crippen LogP contribution in [0, 0.1) is 5.82 Å². The molecule has 1 aromatic carbocycles. The summed E-state index contributed by atoms with van der Waals surface area (Å²) in [6.07, 6.45) is 3.54. The Bertz CT molecular complexity index is 836. The number of benzene rings is 1. The number of rotatable bonds is 4. The minimum absolute atomic E-state index is 0.218. The third-order valence-electron chi connectivity index (χ3n) is 4.68. The van der Waals surface area contributed by atoms with Gasteiger partial charge in [0.1, 0.15) is 10.8 Å². The Labute approximate surface area is 143 Å². The fraction of sp³-hybridized carbons (Fsp3) is 0.471. The van der Waals surface area contributed by atoms with E-state index in [9.17, 15) is 4.39 Å². The van der Waals surface area contributed by atoms with E-state index < -0.39 is 0 Å². The van der Waals surface area contributed by atoms with E-state index in [0.29, 0.717) is 13.2 Å². The number of nitrogens with zero attached hydrogens (tertiary/aromatic N) is 4. The highest BCUT2D eigenvalue weighted by atomic mass is 32.1. The van der Waals surface area contributed by atoms with Crippen LogP contribution in [0.15, 0.2) is 24.3 Å². The van der Waals surface area contributed by atoms with Crippen molar-refractivity contribution < 1.29 is 9.13 Å². The van der Waals surface area contributed by atoms with Gasteiger partial charge in [0.25, 0.3) is 0 Å². The van der Waals surface area contributed by atoms with Gasteiger partial charge in [-0.25, -0.2) is 4.39 Å². The van der Waals surface area contributed by atoms with E-state index in [0.717, 1.165) is 47.0 Å². The van der Waals surface area contributed by atoms with Gasteiger partial charge in [-0.2, -0.15) is 9.61 Å². The summed E-state index contributed by atoms with van der Waals surface area (Å²) < 4.78 is 20.8. The number of fused-ring (bicyclic) bond motifs is 1. The van der Waals surface area contributed by atoms with E-state index in [2.05, 4.69) is 17.1 Å². The molecule has 1 aliphatic heterocycles. The fourth-order valence-corrected chi connectivity index (χ4v) is 4.47. The van der Waals surface area contributed by atoms with Crippen LogP contribution in [0.4, 0.5) is 4.39 Å². The van der Waals surface area contributed by atoms with Gasteiger partial charge < -0.3 is 4.74 Å². The highest BCUT2D eigenvalue weighted by molar-refractivity contribution is 7.16. The molecule has 4 rings (SSSR count). The molecule has 0 bridgehead atoms. The van der Waals surface area contributed by atoms with Gasteiger partial charge in [-0.3, -0.25) is 0 Å². The number of halogens is 1. The summed E-state index contributed by atoms with van der Waals surface area (Å²) in [7, 11) is 0. The van der Waals surface area contributed by atoms with E-state index in [1.807, 2.05) is 16.6 Å². The Balaban J connectivity index is 1.83. The van der Waals surface area contributed by atoms with Crippen molar-refractivity contribution in [1.29, 1.82) is 0 Å². The molecular formula is C17H19FN4OS. The molecule has 24 heavy (non-hydrogen) atoms. The SMILES string of the molecule is CCCc1nnc2sc(C3(c4ccc(F)cc4)CCOCC3)nn12. The molecule has 1 fully saturated rings. The van der Waals surface area contributed by atoms with Gasteiger partial charge >= 0.3 is 0 Å². The lowest BCUT2D eigenvalue weighted by Crippen LogP contribution is -2.35. The first-order valence-corrected chi connectivity index (χ1v) is 9.10. The Morgan fingerprint density at radius 1 is 1.21 bits per heavy atom. The van der Waals surface area contributed by atoms with E-state index in [4.69, 9.17) is 9.84 Å². The van der Waals surface area contributed by atoms with Crippen molar-refractivity contribution >= 4 is 16.3 Å². The monoisotopic (exact) mass is 346 g/mol. The summed E-state index contributed by atoms with van der Waals surface area (Å²) in [5, 5.41) is 14.4. The van der Waals surface area contributed by atoms with Crippen LogP contribution in [0.1, 0.15) is 42.6 Å². The van der Waals surface area contributed by atoms with E-state index >= 15 is 0 Å². The maximum absolute atomic E-state index is 13.4. The van der Waals surface area contributed by atoms with Crippen LogP contribution in [0.3, 0.4) is 0 Å². The van der Waals surface area contributed by atoms with E-state index in [-0.39, 0.29) is 11.2 Å². The van der Waals surface area contributed by atoms with Gasteiger partial charge in [0.15, 0.2) is 5.82 Å². The first-order chi connectivity index (χ1) is 11.7. The Kier molecular flexibility index (Phi) is 4.05. The maximum Gasteiger partial charge on any atom is 0.234 e. The highest BCUT2D eigenvalue weighted by Crippen LogP contribution is 2.42. The quantitative estimate of drug-likeness (QED) is 0.727. The van der Waals surface area contributed by atoms with Crippen LogP contribution >= 0.6 is 11.3 Å². The molecule has 0 unspecified atom stereocenters. The smallest absolute Gasteiger partial charge is 0.234 e. The molecule has 0 saturated carbocycles. The van der Waals surface area contributed by atoms with Crippen LogP contribution in [-0.2, 0) is 16.6 Å². The molecule has 0 aliphatic carbocycles. The minimum atomic E-state index is -0.235. The predicted molar refractivity (Wildman–Crippen MR) is 89.9 cm³/mol. The molecule has 126 valence electrons. The molecule has 1 saturated heterocycles. The van der Waals surface area contributed by atoms with Crippen LogP contribution < -0.4 is 0 Å². The van der Waals surface area contributed by atoms with Crippen molar-refractivity contribution in [3.05, 3.63) is 46.5 Å². The lowest BCUT2D eigenvalue weighted by Gasteiger charge is -2.35. The molecular weight excluding hydrogens is 327 g/mol. The first kappa shape index (κ1) is 15.7. The molecule has 2 aromatic heterocycles. The van der Waals surface area contributed by atoms with Gasteiger partial charge in [0.2, 0.25) is 4.96 Å². The third kappa shape index (κ3) is 2.52. The Morgan fingerprint density at radius 2 is 1.96 bits per heavy atom. The van der Waals surface area contributed by atoms with Crippen molar-refractivity contribution in [3.63, 3.8) is 0 Å². The number of hydrogen-bond acceptors (Lipinski definition) is 5. The molecule has 0 atom stereocenters. The number of aryl methyl sites for hydroxylation is 1. The van der Waals surface area contributed by atoms with Crippen LogP contribution in [0.2, 0.25) is 0 Å². The molecule has 3 heterocycles. The second kappa shape index (κ2) is 6.22. The van der Waals surface area contributed by atoms with Crippen LogP contribution in [0.5, 0.6) is 0 Å². The summed E-state index contributed by atoms with van der Waals surface area (Å²) in [5.74, 6) is 0.681. The molecule has 0 spiro atoms. The number of aromatic nitrogens is 4. The molecule has 3 aromatic rings. The molecule has 7 heteroatoms. The van der Waals surface area contributed by atoms with Crippen molar-refractivity contribution in [3.8, 4) is 0 Å². The normalized spacial score (nSPS) is 17.4. The zero-order chi connectivity index (χ0) is 16.6. The van der Waals surface area contributed by atoms with Crippen molar-refractivity contribution in [1.82, 2.24) is 19.8 Å². The van der Waals surface area contributed by atoms with Crippen molar-refractivity contribution in [2.75, 3.05) is 13.2 Å². The largest absolute Gasteiger partial charge is 0.381 e. The van der Waals surface area contributed by atoms with Gasteiger partial charge in [-0.05, 0) is 37.0 Å². The Morgan fingerprint density at radius 3 is 2.67 bits per heavy atom. The fourth-order valence-electron chi connectivity index (χ4n) is 3.35. The highest BCUT2D eigenvalue weighted by Gasteiger charge is 2.40. The lowest BCUT2D eigenvalue weighted by atomic mass is 9.75. The van der Waals surface area contributed by atoms with Gasteiger partial charge in [-0.1, -0.05) is 30.4 Å². The second-order valence-corrected chi connectivity index (χ2v) is 7.13. The van der Waals surface area contributed by atoms with E-state index in [1.165, 1.54) is 12.1 Å². The van der Waals surface area contributed by atoms with Crippen molar-refractivity contribution in [2.45, 2.75) is 38.0 Å². The van der Waals surface area contributed by atoms with Crippen LogP contribution in [0.25, 0.3) is 4.96 Å². The molecule has 1 aliphatic rings. The summed E-state index contributed by atoms with van der Waals surface area (Å²) in [6.45, 7) is 3.48. The minimum Gasteiger partial charge on any atom is -0.381 e. The zero-order valence-electron chi connectivity index (χ0n) is 13.5. The molecule has 0 radical (unpaired) electrons. The second-order valence-electron chi connectivity index (χ2n) is 6.17. The average Bonchev–Trinajstić information content (AvgIpc) is 3.19. The molecule has 0 N–H and O–H groups in total. The first-order valence-electron chi connectivity index (χ1n) is 8.28. The summed E-state index contributed by atoms with van der Waals surface area (Å²) >= 11 is 1.58. The van der Waals surface area contributed by atoms with Gasteiger partial charge in [0.05, 0.1) is 5.41 Å². The summed E-state index contributed by atoms with van der Waals surface area (Å²) in [5.41, 5.74) is 0.857.